The molecule has 1 aliphatic carbocycles. The van der Waals surface area contributed by atoms with Crippen LogP contribution in [0.5, 0.6) is 5.75 Å². The van der Waals surface area contributed by atoms with Crippen molar-refractivity contribution in [1.29, 1.82) is 0 Å². The number of hydrogen-bond acceptors (Lipinski definition) is 1. The molecule has 0 heterocycles. The van der Waals surface area contributed by atoms with E-state index < -0.39 is 0 Å². The summed E-state index contributed by atoms with van der Waals surface area (Å²) in [5.74, 6) is 1.09. The van der Waals surface area contributed by atoms with Crippen molar-refractivity contribution in [2.24, 2.45) is 0 Å². The molecule has 1 aliphatic rings. The van der Waals surface area contributed by atoms with Gasteiger partial charge in [0.05, 0.1) is 12.5 Å². The molecule has 0 saturated carbocycles. The van der Waals surface area contributed by atoms with Crippen molar-refractivity contribution in [1.82, 2.24) is 0 Å². The molecule has 2 aromatic carbocycles. The predicted octanol–water partition coefficient (Wildman–Crippen LogP) is 4.28. The number of rotatable bonds is 4. The molecule has 19 heavy (non-hydrogen) atoms. The molecule has 1 atom stereocenters. The minimum Gasteiger partial charge on any atom is -0.493 e. The van der Waals surface area contributed by atoms with E-state index >= 15 is 0 Å². The van der Waals surface area contributed by atoms with Gasteiger partial charge in [0.15, 0.2) is 0 Å². The van der Waals surface area contributed by atoms with Crippen LogP contribution in [0.15, 0.2) is 42.5 Å². The van der Waals surface area contributed by atoms with Crippen LogP contribution in [-0.2, 0) is 12.3 Å². The first-order valence-electron chi connectivity index (χ1n) is 6.33. The lowest BCUT2D eigenvalue weighted by molar-refractivity contribution is 0.273. The van der Waals surface area contributed by atoms with E-state index in [2.05, 4.69) is 18.2 Å². The van der Waals surface area contributed by atoms with Crippen LogP contribution >= 0.6 is 11.6 Å². The minimum atomic E-state index is -0.281. The van der Waals surface area contributed by atoms with E-state index in [1.165, 1.54) is 23.3 Å². The van der Waals surface area contributed by atoms with E-state index in [1.807, 2.05) is 6.07 Å². The van der Waals surface area contributed by atoms with Crippen molar-refractivity contribution < 1.29 is 9.13 Å². The number of hydrogen-bond donors (Lipinski definition) is 0. The van der Waals surface area contributed by atoms with Crippen LogP contribution in [0.1, 0.15) is 22.6 Å². The minimum absolute atomic E-state index is 0.258. The molecule has 0 saturated heterocycles. The van der Waals surface area contributed by atoms with Crippen LogP contribution in [0.4, 0.5) is 4.39 Å². The second kappa shape index (κ2) is 5.22. The maximum absolute atomic E-state index is 13.1. The van der Waals surface area contributed by atoms with Crippen molar-refractivity contribution in [2.45, 2.75) is 18.2 Å². The molecule has 0 aliphatic heterocycles. The van der Waals surface area contributed by atoms with Crippen LogP contribution in [-0.4, -0.2) is 6.61 Å². The molecule has 98 valence electrons. The molecule has 0 fully saturated rings. The summed E-state index contributed by atoms with van der Waals surface area (Å²) < 4.78 is 18.9. The molecule has 0 bridgehead atoms. The summed E-state index contributed by atoms with van der Waals surface area (Å²) in [6, 6.07) is 12.9. The van der Waals surface area contributed by atoms with Gasteiger partial charge < -0.3 is 4.74 Å². The standard InChI is InChI=1S/C16H14ClFO/c17-9-12-8-14(18)5-6-16(12)19-10-13-7-11-3-1-2-4-15(11)13/h1-6,8,13H,7,9-10H2. The third kappa shape index (κ3) is 2.45. The summed E-state index contributed by atoms with van der Waals surface area (Å²) in [4.78, 5) is 0. The van der Waals surface area contributed by atoms with Crippen molar-refractivity contribution in [2.75, 3.05) is 6.61 Å². The van der Waals surface area contributed by atoms with E-state index in [-0.39, 0.29) is 11.7 Å². The summed E-state index contributed by atoms with van der Waals surface area (Å²) >= 11 is 5.80. The Kier molecular flexibility index (Phi) is 3.43. The van der Waals surface area contributed by atoms with Gasteiger partial charge in [0.1, 0.15) is 11.6 Å². The van der Waals surface area contributed by atoms with Crippen molar-refractivity contribution >= 4 is 11.6 Å². The quantitative estimate of drug-likeness (QED) is 0.757. The van der Waals surface area contributed by atoms with Crippen LogP contribution in [0.25, 0.3) is 0 Å². The highest BCUT2D eigenvalue weighted by molar-refractivity contribution is 6.17. The molecule has 1 unspecified atom stereocenters. The molecule has 0 radical (unpaired) electrons. The first-order valence-corrected chi connectivity index (χ1v) is 6.86. The van der Waals surface area contributed by atoms with E-state index in [9.17, 15) is 4.39 Å². The number of alkyl halides is 1. The van der Waals surface area contributed by atoms with Crippen molar-refractivity contribution in [3.63, 3.8) is 0 Å². The first kappa shape index (κ1) is 12.5. The second-order valence-electron chi connectivity index (χ2n) is 4.80. The Morgan fingerprint density at radius 3 is 2.84 bits per heavy atom. The van der Waals surface area contributed by atoms with E-state index in [4.69, 9.17) is 16.3 Å². The normalized spacial score (nSPS) is 16.6. The van der Waals surface area contributed by atoms with Gasteiger partial charge in [-0.3, -0.25) is 0 Å². The van der Waals surface area contributed by atoms with Gasteiger partial charge >= 0.3 is 0 Å². The fourth-order valence-corrected chi connectivity index (χ4v) is 2.70. The third-order valence-corrected chi connectivity index (χ3v) is 3.86. The van der Waals surface area contributed by atoms with Gasteiger partial charge in [-0.15, -0.1) is 11.6 Å². The van der Waals surface area contributed by atoms with Gasteiger partial charge in [-0.1, -0.05) is 24.3 Å². The highest BCUT2D eigenvalue weighted by Gasteiger charge is 2.26. The molecule has 3 rings (SSSR count). The van der Waals surface area contributed by atoms with Crippen LogP contribution in [0.2, 0.25) is 0 Å². The van der Waals surface area contributed by atoms with Crippen LogP contribution < -0.4 is 4.74 Å². The Morgan fingerprint density at radius 2 is 2.05 bits per heavy atom. The molecule has 3 heteroatoms. The van der Waals surface area contributed by atoms with Crippen LogP contribution in [0, 0.1) is 5.82 Å². The maximum atomic E-state index is 13.1. The molecule has 2 aromatic rings. The summed E-state index contributed by atoms with van der Waals surface area (Å²) in [7, 11) is 0. The highest BCUT2D eigenvalue weighted by atomic mass is 35.5. The number of halogens is 2. The molecule has 0 spiro atoms. The largest absolute Gasteiger partial charge is 0.493 e. The predicted molar refractivity (Wildman–Crippen MR) is 74.3 cm³/mol. The van der Waals surface area contributed by atoms with Gasteiger partial charge in [0, 0.05) is 11.5 Å². The Bertz CT molecular complexity index is 597. The average Bonchev–Trinajstić information content (AvgIpc) is 2.41. The topological polar surface area (TPSA) is 9.23 Å². The van der Waals surface area contributed by atoms with Crippen LogP contribution in [0.3, 0.4) is 0 Å². The SMILES string of the molecule is Fc1ccc(OCC2Cc3ccccc32)c(CCl)c1. The molecule has 0 amide bonds. The zero-order valence-corrected chi connectivity index (χ0v) is 11.2. The smallest absolute Gasteiger partial charge is 0.123 e. The molecule has 1 nitrogen and oxygen atoms in total. The van der Waals surface area contributed by atoms with E-state index in [0.717, 1.165) is 6.42 Å². The van der Waals surface area contributed by atoms with Crippen molar-refractivity contribution in [3.8, 4) is 5.75 Å². The molecular formula is C16H14ClFO. The van der Waals surface area contributed by atoms with E-state index in [1.54, 1.807) is 6.07 Å². The summed E-state index contributed by atoms with van der Waals surface area (Å²) in [5.41, 5.74) is 3.46. The zero-order chi connectivity index (χ0) is 13.2. The van der Waals surface area contributed by atoms with Gasteiger partial charge in [0.25, 0.3) is 0 Å². The lowest BCUT2D eigenvalue weighted by atomic mass is 9.78. The van der Waals surface area contributed by atoms with Crippen molar-refractivity contribution in [3.05, 3.63) is 65.0 Å². The molecule has 0 N–H and O–H groups in total. The van der Waals surface area contributed by atoms with E-state index in [0.29, 0.717) is 23.8 Å². The van der Waals surface area contributed by atoms with Gasteiger partial charge in [0.2, 0.25) is 0 Å². The first-order chi connectivity index (χ1) is 9.28. The number of ether oxygens (including phenoxy) is 1. The lowest BCUT2D eigenvalue weighted by Gasteiger charge is -2.30. The maximum Gasteiger partial charge on any atom is 0.123 e. The average molecular weight is 277 g/mol. The van der Waals surface area contributed by atoms with Gasteiger partial charge in [-0.2, -0.15) is 0 Å². The molecular weight excluding hydrogens is 263 g/mol. The fourth-order valence-electron chi connectivity index (χ4n) is 2.50. The monoisotopic (exact) mass is 276 g/mol. The summed E-state index contributed by atoms with van der Waals surface area (Å²) in [6.07, 6.45) is 1.05. The fraction of sp³-hybridized carbons (Fsp3) is 0.250. The zero-order valence-electron chi connectivity index (χ0n) is 10.4. The third-order valence-electron chi connectivity index (χ3n) is 3.57. The number of benzene rings is 2. The molecule has 0 aromatic heterocycles. The number of fused-ring (bicyclic) bond motifs is 1. The lowest BCUT2D eigenvalue weighted by Crippen LogP contribution is -2.23. The second-order valence-corrected chi connectivity index (χ2v) is 5.06. The Morgan fingerprint density at radius 1 is 1.21 bits per heavy atom. The van der Waals surface area contributed by atoms with Gasteiger partial charge in [-0.05, 0) is 35.7 Å². The Hall–Kier alpha value is -1.54. The highest BCUT2D eigenvalue weighted by Crippen LogP contribution is 2.35. The summed E-state index contributed by atoms with van der Waals surface area (Å²) in [5, 5.41) is 0. The summed E-state index contributed by atoms with van der Waals surface area (Å²) in [6.45, 7) is 0.618. The Balaban J connectivity index is 1.68. The van der Waals surface area contributed by atoms with Gasteiger partial charge in [-0.25, -0.2) is 4.39 Å². The Labute approximate surface area is 117 Å².